The van der Waals surface area contributed by atoms with Crippen LogP contribution in [-0.2, 0) is 20.1 Å². The molecule has 3 aromatic heterocycles. The van der Waals surface area contributed by atoms with Crippen LogP contribution in [0.1, 0.15) is 56.3 Å². The fourth-order valence-corrected chi connectivity index (χ4v) is 5.72. The predicted molar refractivity (Wildman–Crippen MR) is 182 cm³/mol. The number of hydrogen-bond donors (Lipinski definition) is 0. The summed E-state index contributed by atoms with van der Waals surface area (Å²) >= 11 is 0. The third-order valence-electron chi connectivity index (χ3n) is 8.22. The van der Waals surface area contributed by atoms with E-state index in [1.54, 1.807) is 0 Å². The van der Waals surface area contributed by atoms with Crippen LogP contribution in [0.2, 0.25) is 0 Å². The Morgan fingerprint density at radius 2 is 1.69 bits per heavy atom. The summed E-state index contributed by atoms with van der Waals surface area (Å²) in [5.41, 5.74) is 11.4. The molecule has 0 unspecified atom stereocenters. The Bertz CT molecular complexity index is 2050. The third-order valence-corrected chi connectivity index (χ3v) is 8.22. The molecule has 0 spiro atoms. The van der Waals surface area contributed by atoms with Crippen LogP contribution in [0, 0.1) is 32.9 Å². The average Bonchev–Trinajstić information content (AvgIpc) is 3.58. The number of unbranched alkanes of at least 4 members (excludes halogenated alkanes) is 1. The number of para-hydroxylation sites is 2. The fourth-order valence-electron chi connectivity index (χ4n) is 5.72. The number of aromatic nitrogens is 3. The van der Waals surface area contributed by atoms with Gasteiger partial charge in [-0.05, 0) is 45.0 Å². The minimum Gasteiger partial charge on any atom is -0.371 e. The van der Waals surface area contributed by atoms with Crippen LogP contribution < -0.4 is 4.58 Å². The summed E-state index contributed by atoms with van der Waals surface area (Å²) in [5, 5.41) is 2.39. The predicted octanol–water partition coefficient (Wildman–Crippen LogP) is 9.51. The minimum absolute atomic E-state index is 0. The molecule has 6 aromatic rings. The zero-order valence-electron chi connectivity index (χ0n) is 26.9. The molecule has 7 rings (SSSR count). The molecule has 4 heterocycles. The summed E-state index contributed by atoms with van der Waals surface area (Å²) in [6.07, 6.45) is 6.09. The van der Waals surface area contributed by atoms with E-state index in [2.05, 4.69) is 133 Å². The first-order chi connectivity index (χ1) is 21.4. The second-order valence-electron chi connectivity index (χ2n) is 11.8. The van der Waals surface area contributed by atoms with Crippen LogP contribution in [-0.4, -0.2) is 31.7 Å². The van der Waals surface area contributed by atoms with Gasteiger partial charge in [0.1, 0.15) is 11.3 Å². The first kappa shape index (κ1) is 32.2. The number of rotatable bonds is 6. The molecule has 1 aliphatic rings. The number of nitrogens with zero attached hydrogens (tertiary/aromatic N) is 5. The van der Waals surface area contributed by atoms with E-state index in [0.717, 1.165) is 53.2 Å². The monoisotopic (exact) mass is 770 g/mol. The van der Waals surface area contributed by atoms with E-state index in [9.17, 15) is 0 Å². The topological polar surface area (TPSA) is 36.7 Å². The molecule has 6 heteroatoms. The molecule has 0 N–H and O–H groups in total. The van der Waals surface area contributed by atoms with Crippen LogP contribution in [0.15, 0.2) is 85.2 Å². The Hall–Kier alpha value is -4.21. The zero-order chi connectivity index (χ0) is 30.8. The molecule has 229 valence electrons. The Labute approximate surface area is 280 Å². The molecule has 3 aromatic carbocycles. The van der Waals surface area contributed by atoms with Crippen molar-refractivity contribution in [2.75, 3.05) is 6.54 Å². The van der Waals surface area contributed by atoms with Gasteiger partial charge in [0.2, 0.25) is 0 Å². The third kappa shape index (κ3) is 6.32. The van der Waals surface area contributed by atoms with E-state index in [1.165, 1.54) is 33.2 Å². The van der Waals surface area contributed by atoms with Crippen molar-refractivity contribution in [3.05, 3.63) is 114 Å². The van der Waals surface area contributed by atoms with Crippen molar-refractivity contribution in [1.29, 1.82) is 0 Å². The van der Waals surface area contributed by atoms with Gasteiger partial charge in [-0.25, -0.2) is 4.98 Å². The molecular formula is C39H39IrN5. The first-order valence-corrected chi connectivity index (χ1v) is 15.5. The van der Waals surface area contributed by atoms with Crippen molar-refractivity contribution in [2.45, 2.75) is 60.4 Å². The van der Waals surface area contributed by atoms with Crippen LogP contribution in [0.5, 0.6) is 0 Å². The zero-order valence-corrected chi connectivity index (χ0v) is 29.2. The number of pyridine rings is 2. The molecule has 5 nitrogen and oxygen atoms in total. The average molecular weight is 770 g/mol. The normalized spacial score (nSPS) is 12.0. The molecule has 45 heavy (non-hydrogen) atoms. The summed E-state index contributed by atoms with van der Waals surface area (Å²) in [4.78, 5) is 9.11. The van der Waals surface area contributed by atoms with Crippen molar-refractivity contribution < 1.29 is 24.7 Å². The molecule has 0 amide bonds. The quantitative estimate of drug-likeness (QED) is 0.125. The summed E-state index contributed by atoms with van der Waals surface area (Å²) in [5.74, 6) is 0. The number of fused-ring (bicyclic) bond motifs is 4. The van der Waals surface area contributed by atoms with Gasteiger partial charge in [0, 0.05) is 68.0 Å². The van der Waals surface area contributed by atoms with Crippen molar-refractivity contribution in [2.24, 2.45) is 0 Å². The molecular weight excluding hydrogens is 731 g/mol. The van der Waals surface area contributed by atoms with Crippen molar-refractivity contribution >= 4 is 45.0 Å². The van der Waals surface area contributed by atoms with Gasteiger partial charge in [-0.3, -0.25) is 0 Å². The number of hydrogen-bond acceptors (Lipinski definition) is 2. The van der Waals surface area contributed by atoms with E-state index < -0.39 is 0 Å². The van der Waals surface area contributed by atoms with E-state index in [1.807, 2.05) is 30.6 Å². The molecule has 1 aliphatic heterocycles. The Morgan fingerprint density at radius 3 is 2.40 bits per heavy atom. The SMILES string of the molecule is CCCC[N+]1=C=[N+](c2[c-]ccc3c4cccnc4n(C(C)C)c23)c2ccccc21.Cc1c[c-]c(-c2cc(C)c(C)cn2)cc1.[Ir]. The van der Waals surface area contributed by atoms with Gasteiger partial charge < -0.3 is 9.55 Å². The number of aryl methyl sites for hydroxylation is 3. The molecule has 1 radical (unpaired) electrons. The van der Waals surface area contributed by atoms with Gasteiger partial charge in [-0.15, -0.1) is 41.5 Å². The van der Waals surface area contributed by atoms with Gasteiger partial charge in [0.15, 0.2) is 6.54 Å². The Balaban J connectivity index is 0.000000212. The van der Waals surface area contributed by atoms with Crippen molar-refractivity contribution in [1.82, 2.24) is 19.1 Å². The smallest absolute Gasteiger partial charge is 0.371 e. The summed E-state index contributed by atoms with van der Waals surface area (Å²) < 4.78 is 6.74. The Morgan fingerprint density at radius 1 is 0.889 bits per heavy atom. The standard InChI is InChI=1S/C25H25N4.C14H14N.Ir/c1-4-5-16-27-17-28(22-13-7-6-12-21(22)27)23-14-8-10-19-20-11-9-15-26-25(20)29(18(2)3)24(19)23;1-10-4-6-13(7-5-10)14-8-11(2)12(3)9-15-14;/h6-13,15,18H,4-5,16H2,1-3H3;4-6,8-9H,1-3H3;/q+1;-1;. The van der Waals surface area contributed by atoms with E-state index in [-0.39, 0.29) is 26.1 Å². The molecule has 0 bridgehead atoms. The largest absolute Gasteiger partial charge is 0.494 e. The van der Waals surface area contributed by atoms with Gasteiger partial charge >= 0.3 is 6.01 Å². The van der Waals surface area contributed by atoms with Gasteiger partial charge in [-0.2, -0.15) is 12.1 Å². The summed E-state index contributed by atoms with van der Waals surface area (Å²) in [6, 6.07) is 35.8. The summed E-state index contributed by atoms with van der Waals surface area (Å²) in [7, 11) is 0. The van der Waals surface area contributed by atoms with E-state index in [0.29, 0.717) is 0 Å². The minimum atomic E-state index is 0. The van der Waals surface area contributed by atoms with Gasteiger partial charge in [0.25, 0.3) is 11.4 Å². The molecule has 0 fully saturated rings. The molecule has 0 aliphatic carbocycles. The van der Waals surface area contributed by atoms with E-state index in [4.69, 9.17) is 4.98 Å². The fraction of sp³-hybridized carbons (Fsp3) is 0.256. The van der Waals surface area contributed by atoms with Crippen LogP contribution >= 0.6 is 0 Å². The second kappa shape index (κ2) is 13.8. The number of benzene rings is 3. The van der Waals surface area contributed by atoms with Gasteiger partial charge in [-0.1, -0.05) is 64.6 Å². The summed E-state index contributed by atoms with van der Waals surface area (Å²) in [6.45, 7) is 13.9. The molecule has 0 saturated carbocycles. The van der Waals surface area contributed by atoms with E-state index >= 15 is 0 Å². The second-order valence-corrected chi connectivity index (χ2v) is 11.8. The van der Waals surface area contributed by atoms with Crippen molar-refractivity contribution in [3.8, 4) is 11.3 Å². The molecule has 0 saturated heterocycles. The maximum Gasteiger partial charge on any atom is 0.494 e. The van der Waals surface area contributed by atoms with Crippen molar-refractivity contribution in [3.63, 3.8) is 0 Å². The van der Waals surface area contributed by atoms with Crippen LogP contribution in [0.3, 0.4) is 0 Å². The molecule has 0 atom stereocenters. The Kier molecular flexibility index (Phi) is 9.89. The first-order valence-electron chi connectivity index (χ1n) is 15.5. The maximum atomic E-state index is 4.71. The van der Waals surface area contributed by atoms with Crippen LogP contribution in [0.25, 0.3) is 33.2 Å². The maximum absolute atomic E-state index is 4.71. The van der Waals surface area contributed by atoms with Crippen LogP contribution in [0.4, 0.5) is 17.1 Å². The van der Waals surface area contributed by atoms with Gasteiger partial charge in [0.05, 0.1) is 0 Å².